The third-order valence-corrected chi connectivity index (χ3v) is 1.80. The van der Waals surface area contributed by atoms with E-state index in [0.29, 0.717) is 0 Å². The molecule has 0 aliphatic carbocycles. The standard InChI is InChI=1S/C10H11F2NO2/c1-15-10(14)4-5-13-9-6-7(11)2-3-8(9)12/h2-3,6,13H,4-5H2,1H3. The van der Waals surface area contributed by atoms with Crippen molar-refractivity contribution in [3.63, 3.8) is 0 Å². The molecule has 3 nitrogen and oxygen atoms in total. The Hall–Kier alpha value is -1.65. The van der Waals surface area contributed by atoms with Crippen molar-refractivity contribution in [1.29, 1.82) is 0 Å². The normalized spacial score (nSPS) is 9.80. The third kappa shape index (κ3) is 3.53. The monoisotopic (exact) mass is 215 g/mol. The summed E-state index contributed by atoms with van der Waals surface area (Å²) in [6.07, 6.45) is 0.104. The minimum atomic E-state index is -0.554. The highest BCUT2D eigenvalue weighted by molar-refractivity contribution is 5.69. The molecule has 1 N–H and O–H groups in total. The zero-order valence-electron chi connectivity index (χ0n) is 8.22. The maximum atomic E-state index is 13.0. The second kappa shape index (κ2) is 5.29. The lowest BCUT2D eigenvalue weighted by atomic mass is 10.3. The van der Waals surface area contributed by atoms with Crippen LogP contribution in [0.15, 0.2) is 18.2 Å². The second-order valence-electron chi connectivity index (χ2n) is 2.88. The Kier molecular flexibility index (Phi) is 4.03. The fourth-order valence-electron chi connectivity index (χ4n) is 1.03. The van der Waals surface area contributed by atoms with Crippen LogP contribution in [0.5, 0.6) is 0 Å². The molecule has 1 aromatic carbocycles. The van der Waals surface area contributed by atoms with Crippen molar-refractivity contribution in [2.45, 2.75) is 6.42 Å². The number of esters is 1. The quantitative estimate of drug-likeness (QED) is 0.780. The summed E-state index contributed by atoms with van der Waals surface area (Å²) in [6.45, 7) is 0.201. The van der Waals surface area contributed by atoms with E-state index in [2.05, 4.69) is 10.1 Å². The molecule has 1 aromatic rings. The van der Waals surface area contributed by atoms with Crippen LogP contribution < -0.4 is 5.32 Å². The molecule has 82 valence electrons. The lowest BCUT2D eigenvalue weighted by Gasteiger charge is -2.06. The number of carbonyl (C=O) groups is 1. The molecule has 0 bridgehead atoms. The van der Waals surface area contributed by atoms with Gasteiger partial charge in [0, 0.05) is 6.54 Å². The summed E-state index contributed by atoms with van der Waals surface area (Å²) in [5.74, 6) is -1.49. The summed E-state index contributed by atoms with van der Waals surface area (Å²) < 4.78 is 30.1. The molecule has 0 aliphatic heterocycles. The number of benzene rings is 1. The van der Waals surface area contributed by atoms with Crippen molar-refractivity contribution in [2.24, 2.45) is 0 Å². The first-order valence-corrected chi connectivity index (χ1v) is 4.39. The molecule has 0 radical (unpaired) electrons. The van der Waals surface area contributed by atoms with Crippen LogP contribution in [0.25, 0.3) is 0 Å². The van der Waals surface area contributed by atoms with E-state index in [1.54, 1.807) is 0 Å². The SMILES string of the molecule is COC(=O)CCNc1cc(F)ccc1F. The zero-order valence-corrected chi connectivity index (χ0v) is 8.22. The molecule has 0 aliphatic rings. The lowest BCUT2D eigenvalue weighted by Crippen LogP contribution is -2.10. The molecule has 5 heteroatoms. The fraction of sp³-hybridized carbons (Fsp3) is 0.300. The first-order valence-electron chi connectivity index (χ1n) is 4.39. The summed E-state index contributed by atoms with van der Waals surface area (Å²) in [4.78, 5) is 10.7. The third-order valence-electron chi connectivity index (χ3n) is 1.80. The molecule has 15 heavy (non-hydrogen) atoms. The van der Waals surface area contributed by atoms with Gasteiger partial charge in [0.25, 0.3) is 0 Å². The van der Waals surface area contributed by atoms with Gasteiger partial charge in [-0.15, -0.1) is 0 Å². The topological polar surface area (TPSA) is 38.3 Å². The van der Waals surface area contributed by atoms with E-state index in [4.69, 9.17) is 0 Å². The maximum Gasteiger partial charge on any atom is 0.307 e. The fourth-order valence-corrected chi connectivity index (χ4v) is 1.03. The maximum absolute atomic E-state index is 13.0. The number of carbonyl (C=O) groups excluding carboxylic acids is 1. The number of hydrogen-bond acceptors (Lipinski definition) is 3. The van der Waals surface area contributed by atoms with Crippen LogP contribution in [0.2, 0.25) is 0 Å². The van der Waals surface area contributed by atoms with Crippen LogP contribution in [0.3, 0.4) is 0 Å². The molecular formula is C10H11F2NO2. The van der Waals surface area contributed by atoms with Crippen molar-refractivity contribution in [3.8, 4) is 0 Å². The van der Waals surface area contributed by atoms with Crippen LogP contribution in [0.4, 0.5) is 14.5 Å². The van der Waals surface area contributed by atoms with E-state index in [0.717, 1.165) is 18.2 Å². The van der Waals surface area contributed by atoms with E-state index in [1.807, 2.05) is 0 Å². The molecule has 0 unspecified atom stereocenters. The van der Waals surface area contributed by atoms with Gasteiger partial charge in [-0.1, -0.05) is 0 Å². The van der Waals surface area contributed by atoms with Crippen LogP contribution in [0.1, 0.15) is 6.42 Å². The Labute approximate surface area is 86.0 Å². The first kappa shape index (κ1) is 11.4. The Balaban J connectivity index is 2.50. The van der Waals surface area contributed by atoms with Crippen LogP contribution in [-0.2, 0) is 9.53 Å². The molecule has 0 atom stereocenters. The molecular weight excluding hydrogens is 204 g/mol. The number of rotatable bonds is 4. The Morgan fingerprint density at radius 1 is 1.47 bits per heavy atom. The van der Waals surface area contributed by atoms with Gasteiger partial charge in [-0.3, -0.25) is 4.79 Å². The van der Waals surface area contributed by atoms with Gasteiger partial charge in [0.2, 0.25) is 0 Å². The van der Waals surface area contributed by atoms with Gasteiger partial charge >= 0.3 is 5.97 Å². The predicted molar refractivity (Wildman–Crippen MR) is 51.5 cm³/mol. The van der Waals surface area contributed by atoms with Crippen molar-refractivity contribution in [2.75, 3.05) is 19.0 Å². The van der Waals surface area contributed by atoms with Gasteiger partial charge in [0.05, 0.1) is 19.2 Å². The van der Waals surface area contributed by atoms with E-state index in [9.17, 15) is 13.6 Å². The number of nitrogens with one attached hydrogen (secondary N) is 1. The van der Waals surface area contributed by atoms with Gasteiger partial charge in [0.1, 0.15) is 11.6 Å². The number of anilines is 1. The van der Waals surface area contributed by atoms with Crippen molar-refractivity contribution in [3.05, 3.63) is 29.8 Å². The number of halogens is 2. The number of methoxy groups -OCH3 is 1. The van der Waals surface area contributed by atoms with Crippen molar-refractivity contribution < 1.29 is 18.3 Å². The van der Waals surface area contributed by atoms with Gasteiger partial charge in [0.15, 0.2) is 0 Å². The van der Waals surface area contributed by atoms with Crippen LogP contribution in [-0.4, -0.2) is 19.6 Å². The van der Waals surface area contributed by atoms with Gasteiger partial charge in [-0.25, -0.2) is 8.78 Å². The molecule has 0 heterocycles. The summed E-state index contributed by atoms with van der Waals surface area (Å²) in [5, 5.41) is 2.60. The van der Waals surface area contributed by atoms with E-state index < -0.39 is 17.6 Å². The summed E-state index contributed by atoms with van der Waals surface area (Å²) >= 11 is 0. The van der Waals surface area contributed by atoms with Crippen LogP contribution in [0, 0.1) is 11.6 Å². The highest BCUT2D eigenvalue weighted by atomic mass is 19.1. The number of ether oxygens (including phenoxy) is 1. The molecule has 0 saturated carbocycles. The average molecular weight is 215 g/mol. The molecule has 1 rings (SSSR count). The molecule has 0 amide bonds. The molecule has 0 fully saturated rings. The summed E-state index contributed by atoms with van der Waals surface area (Å²) in [7, 11) is 1.27. The average Bonchev–Trinajstić information content (AvgIpc) is 2.23. The van der Waals surface area contributed by atoms with E-state index >= 15 is 0 Å². The number of hydrogen-bond donors (Lipinski definition) is 1. The van der Waals surface area contributed by atoms with Crippen LogP contribution >= 0.6 is 0 Å². The highest BCUT2D eigenvalue weighted by Crippen LogP contribution is 2.14. The van der Waals surface area contributed by atoms with Crippen molar-refractivity contribution in [1.82, 2.24) is 0 Å². The summed E-state index contributed by atoms with van der Waals surface area (Å²) in [6, 6.07) is 3.09. The minimum Gasteiger partial charge on any atom is -0.469 e. The first-order chi connectivity index (χ1) is 7.13. The Morgan fingerprint density at radius 3 is 2.87 bits per heavy atom. The van der Waals surface area contributed by atoms with E-state index in [1.165, 1.54) is 7.11 Å². The zero-order chi connectivity index (χ0) is 11.3. The lowest BCUT2D eigenvalue weighted by molar-refractivity contribution is -0.140. The van der Waals surface area contributed by atoms with E-state index in [-0.39, 0.29) is 18.7 Å². The van der Waals surface area contributed by atoms with Gasteiger partial charge in [-0.05, 0) is 18.2 Å². The Morgan fingerprint density at radius 2 is 2.20 bits per heavy atom. The largest absolute Gasteiger partial charge is 0.469 e. The minimum absolute atomic E-state index is 0.0407. The molecule has 0 spiro atoms. The Bertz CT molecular complexity index is 355. The molecule has 0 aromatic heterocycles. The smallest absolute Gasteiger partial charge is 0.307 e. The van der Waals surface area contributed by atoms with Crippen molar-refractivity contribution >= 4 is 11.7 Å². The molecule has 0 saturated heterocycles. The summed E-state index contributed by atoms with van der Waals surface area (Å²) in [5.41, 5.74) is 0.0407. The second-order valence-corrected chi connectivity index (χ2v) is 2.88. The highest BCUT2D eigenvalue weighted by Gasteiger charge is 2.04. The van der Waals surface area contributed by atoms with Gasteiger partial charge in [-0.2, -0.15) is 0 Å². The predicted octanol–water partition coefficient (Wildman–Crippen LogP) is 1.94. The van der Waals surface area contributed by atoms with Gasteiger partial charge < -0.3 is 10.1 Å².